The number of nitrogens with zero attached hydrogens (tertiary/aromatic N) is 2. The Bertz CT molecular complexity index is 993. The van der Waals surface area contributed by atoms with Gasteiger partial charge in [0.05, 0.1) is 11.1 Å². The highest BCUT2D eigenvalue weighted by Gasteiger charge is 2.13. The molecule has 2 aromatic heterocycles. The van der Waals surface area contributed by atoms with Crippen molar-refractivity contribution in [2.24, 2.45) is 0 Å². The van der Waals surface area contributed by atoms with Gasteiger partial charge in [0, 0.05) is 17.0 Å². The predicted octanol–water partition coefficient (Wildman–Crippen LogP) is 5.52. The van der Waals surface area contributed by atoms with Crippen LogP contribution in [0.15, 0.2) is 65.2 Å². The van der Waals surface area contributed by atoms with Gasteiger partial charge in [-0.1, -0.05) is 59.2 Å². The van der Waals surface area contributed by atoms with Gasteiger partial charge in [0.25, 0.3) is 0 Å². The molecule has 4 aromatic rings. The number of hydrogen-bond acceptors (Lipinski definition) is 3. The number of benzene rings is 2. The maximum atomic E-state index is 6.35. The summed E-state index contributed by atoms with van der Waals surface area (Å²) in [5.74, 6) is 0.615. The molecule has 0 spiro atoms. The first-order chi connectivity index (χ1) is 11.2. The molecule has 2 aromatic carbocycles. The third-order valence-corrected chi connectivity index (χ3v) is 4.06. The lowest BCUT2D eigenvalue weighted by Crippen LogP contribution is -1.86. The van der Waals surface area contributed by atoms with Gasteiger partial charge in [0.2, 0.25) is 0 Å². The molecule has 0 saturated heterocycles. The van der Waals surface area contributed by atoms with Gasteiger partial charge < -0.3 is 4.52 Å². The largest absolute Gasteiger partial charge is 0.356 e. The Morgan fingerprint density at radius 3 is 2.61 bits per heavy atom. The van der Waals surface area contributed by atoms with Crippen molar-refractivity contribution in [3.8, 4) is 22.6 Å². The minimum atomic E-state index is 0.416. The van der Waals surface area contributed by atoms with Gasteiger partial charge >= 0.3 is 0 Å². The van der Waals surface area contributed by atoms with Crippen molar-refractivity contribution in [1.82, 2.24) is 10.1 Å². The third-order valence-electron chi connectivity index (χ3n) is 3.77. The lowest BCUT2D eigenvalue weighted by Gasteiger charge is -2.03. The Morgan fingerprint density at radius 1 is 0.957 bits per heavy atom. The average Bonchev–Trinajstić information content (AvgIpc) is 3.05. The highest BCUT2D eigenvalue weighted by atomic mass is 35.5. The second-order valence-electron chi connectivity index (χ2n) is 5.47. The third kappa shape index (κ3) is 2.60. The van der Waals surface area contributed by atoms with Crippen molar-refractivity contribution in [3.63, 3.8) is 0 Å². The molecule has 3 nitrogen and oxygen atoms in total. The zero-order valence-electron chi connectivity index (χ0n) is 12.5. The summed E-state index contributed by atoms with van der Waals surface area (Å²) in [5.41, 5.74) is 4.56. The molecular formula is C19H13ClN2O. The van der Waals surface area contributed by atoms with Gasteiger partial charge in [-0.2, -0.15) is 0 Å². The predicted molar refractivity (Wildman–Crippen MR) is 92.4 cm³/mol. The monoisotopic (exact) mass is 320 g/mol. The Labute approximate surface area is 138 Å². The van der Waals surface area contributed by atoms with E-state index in [1.807, 2.05) is 61.5 Å². The minimum Gasteiger partial charge on any atom is -0.356 e. The summed E-state index contributed by atoms with van der Waals surface area (Å²) in [6.07, 6.45) is 0. The van der Waals surface area contributed by atoms with Crippen LogP contribution in [0.4, 0.5) is 0 Å². The number of aromatic nitrogens is 2. The molecule has 0 unspecified atom stereocenters. The fourth-order valence-electron chi connectivity index (χ4n) is 2.57. The molecule has 0 atom stereocenters. The topological polar surface area (TPSA) is 38.9 Å². The molecule has 0 radical (unpaired) electrons. The van der Waals surface area contributed by atoms with E-state index in [2.05, 4.69) is 16.2 Å². The lowest BCUT2D eigenvalue weighted by atomic mass is 10.1. The van der Waals surface area contributed by atoms with Crippen molar-refractivity contribution < 1.29 is 4.52 Å². The molecular weight excluding hydrogens is 308 g/mol. The fraction of sp³-hybridized carbons (Fsp3) is 0.0526. The average molecular weight is 321 g/mol. The summed E-state index contributed by atoms with van der Waals surface area (Å²) in [6.45, 7) is 2.03. The number of halogens is 1. The summed E-state index contributed by atoms with van der Waals surface area (Å²) < 4.78 is 5.48. The lowest BCUT2D eigenvalue weighted by molar-refractivity contribution is 0.435. The zero-order valence-corrected chi connectivity index (χ0v) is 13.2. The van der Waals surface area contributed by atoms with E-state index in [9.17, 15) is 0 Å². The molecule has 0 saturated carbocycles. The van der Waals surface area contributed by atoms with E-state index >= 15 is 0 Å². The number of pyridine rings is 1. The SMILES string of the molecule is Cc1ccc2cc(-c3cc(-c4ccccc4)no3)c(Cl)nc2c1. The Morgan fingerprint density at radius 2 is 1.78 bits per heavy atom. The van der Waals surface area contributed by atoms with E-state index < -0.39 is 0 Å². The van der Waals surface area contributed by atoms with E-state index in [-0.39, 0.29) is 0 Å². The van der Waals surface area contributed by atoms with E-state index in [0.29, 0.717) is 10.9 Å². The van der Waals surface area contributed by atoms with Crippen LogP contribution in [0.1, 0.15) is 5.56 Å². The molecule has 0 aliphatic heterocycles. The van der Waals surface area contributed by atoms with E-state index in [1.165, 1.54) is 0 Å². The molecule has 4 rings (SSSR count). The molecule has 0 bridgehead atoms. The molecule has 4 heteroatoms. The van der Waals surface area contributed by atoms with Gasteiger partial charge in [0.15, 0.2) is 5.76 Å². The Kier molecular flexibility index (Phi) is 3.36. The van der Waals surface area contributed by atoms with Gasteiger partial charge in [-0.25, -0.2) is 4.98 Å². The van der Waals surface area contributed by atoms with Crippen LogP contribution >= 0.6 is 11.6 Å². The highest BCUT2D eigenvalue weighted by molar-refractivity contribution is 6.32. The molecule has 23 heavy (non-hydrogen) atoms. The van der Waals surface area contributed by atoms with Gasteiger partial charge in [-0.15, -0.1) is 0 Å². The summed E-state index contributed by atoms with van der Waals surface area (Å²) in [7, 11) is 0. The van der Waals surface area contributed by atoms with Crippen LogP contribution in [-0.4, -0.2) is 10.1 Å². The summed E-state index contributed by atoms with van der Waals surface area (Å²) in [4.78, 5) is 4.47. The quantitative estimate of drug-likeness (QED) is 0.456. The maximum absolute atomic E-state index is 6.35. The Balaban J connectivity index is 1.82. The molecule has 0 aliphatic carbocycles. The second kappa shape index (κ2) is 5.52. The van der Waals surface area contributed by atoms with E-state index in [1.54, 1.807) is 0 Å². The van der Waals surface area contributed by atoms with Crippen molar-refractivity contribution in [1.29, 1.82) is 0 Å². The first-order valence-corrected chi connectivity index (χ1v) is 7.68. The van der Waals surface area contributed by atoms with Crippen molar-refractivity contribution in [2.75, 3.05) is 0 Å². The second-order valence-corrected chi connectivity index (χ2v) is 5.82. The van der Waals surface area contributed by atoms with Gasteiger partial charge in [0.1, 0.15) is 10.8 Å². The molecule has 0 aliphatic rings. The van der Waals surface area contributed by atoms with Crippen LogP contribution in [0.2, 0.25) is 5.15 Å². The molecule has 112 valence electrons. The Hall–Kier alpha value is -2.65. The number of aryl methyl sites for hydroxylation is 1. The first kappa shape index (κ1) is 14.0. The minimum absolute atomic E-state index is 0.416. The summed E-state index contributed by atoms with van der Waals surface area (Å²) in [6, 6.07) is 19.9. The number of hydrogen-bond donors (Lipinski definition) is 0. The van der Waals surface area contributed by atoms with Gasteiger partial charge in [-0.3, -0.25) is 0 Å². The van der Waals surface area contributed by atoms with Crippen LogP contribution in [0.5, 0.6) is 0 Å². The number of fused-ring (bicyclic) bond motifs is 1. The molecule has 0 N–H and O–H groups in total. The zero-order chi connectivity index (χ0) is 15.8. The molecule has 2 heterocycles. The van der Waals surface area contributed by atoms with Crippen molar-refractivity contribution >= 4 is 22.5 Å². The first-order valence-electron chi connectivity index (χ1n) is 7.30. The van der Waals surface area contributed by atoms with E-state index in [0.717, 1.165) is 33.3 Å². The highest BCUT2D eigenvalue weighted by Crippen LogP contribution is 2.32. The van der Waals surface area contributed by atoms with Crippen LogP contribution in [0, 0.1) is 6.92 Å². The standard InChI is InChI=1S/C19H13ClN2O/c1-12-7-8-14-10-15(19(20)21-16(14)9-12)18-11-17(22-23-18)13-5-3-2-4-6-13/h2-11H,1H3. The van der Waals surface area contributed by atoms with Crippen LogP contribution in [-0.2, 0) is 0 Å². The fourth-order valence-corrected chi connectivity index (χ4v) is 2.81. The molecule has 0 fully saturated rings. The van der Waals surface area contributed by atoms with Crippen molar-refractivity contribution in [2.45, 2.75) is 6.92 Å². The summed E-state index contributed by atoms with van der Waals surface area (Å²) >= 11 is 6.35. The number of rotatable bonds is 2. The smallest absolute Gasteiger partial charge is 0.170 e. The summed E-state index contributed by atoms with van der Waals surface area (Å²) in [5, 5.41) is 5.57. The van der Waals surface area contributed by atoms with Crippen molar-refractivity contribution in [3.05, 3.63) is 71.4 Å². The van der Waals surface area contributed by atoms with Gasteiger partial charge in [-0.05, 0) is 24.6 Å². The molecule has 0 amide bonds. The maximum Gasteiger partial charge on any atom is 0.170 e. The normalized spacial score (nSPS) is 11.0. The van der Waals surface area contributed by atoms with Crippen LogP contribution in [0.3, 0.4) is 0 Å². The van der Waals surface area contributed by atoms with E-state index in [4.69, 9.17) is 16.1 Å². The van der Waals surface area contributed by atoms with Crippen LogP contribution in [0.25, 0.3) is 33.5 Å². The van der Waals surface area contributed by atoms with Crippen LogP contribution < -0.4 is 0 Å².